The minimum Gasteiger partial charge on any atom is -0.362 e. The van der Waals surface area contributed by atoms with E-state index in [-0.39, 0.29) is 5.92 Å². The molecule has 1 heterocycles. The number of carbonyl (C=O) groups is 1. The van der Waals surface area contributed by atoms with E-state index < -0.39 is 0 Å². The minimum absolute atomic E-state index is 0.277. The van der Waals surface area contributed by atoms with Gasteiger partial charge in [-0.2, -0.15) is 0 Å². The quantitative estimate of drug-likeness (QED) is 0.389. The van der Waals surface area contributed by atoms with Gasteiger partial charge in [0.1, 0.15) is 0 Å². The lowest BCUT2D eigenvalue weighted by Crippen LogP contribution is -2.50. The normalized spacial score (nSPS) is 18.7. The lowest BCUT2D eigenvalue weighted by molar-refractivity contribution is -0.137. The van der Waals surface area contributed by atoms with E-state index in [1.807, 2.05) is 24.3 Å². The smallest absolute Gasteiger partial charge is 0.225 e. The lowest BCUT2D eigenvalue weighted by Gasteiger charge is -2.35. The average molecular weight is 440 g/mol. The van der Waals surface area contributed by atoms with Crippen molar-refractivity contribution in [2.75, 3.05) is 25.4 Å². The van der Waals surface area contributed by atoms with Crippen molar-refractivity contribution in [2.45, 2.75) is 55.9 Å². The number of nitrogens with one attached hydrogen (secondary N) is 2. The Bertz CT molecular complexity index is 642. The van der Waals surface area contributed by atoms with Crippen LogP contribution in [0.5, 0.6) is 0 Å². The molecule has 1 aromatic rings. The van der Waals surface area contributed by atoms with E-state index in [1.165, 1.54) is 24.2 Å². The van der Waals surface area contributed by atoms with Gasteiger partial charge in [0.15, 0.2) is 5.11 Å². The van der Waals surface area contributed by atoms with Crippen LogP contribution in [0, 0.1) is 5.92 Å². The molecule has 2 N–H and O–H groups in total. The third-order valence-electron chi connectivity index (χ3n) is 5.57. The van der Waals surface area contributed by atoms with Crippen LogP contribution in [0.2, 0.25) is 5.02 Å². The molecule has 1 aliphatic carbocycles. The molecule has 0 unspecified atom stereocenters. The fourth-order valence-corrected chi connectivity index (χ4v) is 5.12. The summed E-state index contributed by atoms with van der Waals surface area (Å²) in [6, 6.07) is 8.25. The Hall–Kier alpha value is -0.980. The number of rotatable bonds is 6. The van der Waals surface area contributed by atoms with Gasteiger partial charge in [0, 0.05) is 47.3 Å². The molecule has 3 rings (SSSR count). The summed E-state index contributed by atoms with van der Waals surface area (Å²) in [4.78, 5) is 15.9. The summed E-state index contributed by atoms with van der Waals surface area (Å²) in [5.74, 6) is 1.61. The number of thioether (sulfide) groups is 1. The number of hydrogen-bond donors (Lipinski definition) is 2. The van der Waals surface area contributed by atoms with E-state index in [0.29, 0.717) is 17.1 Å². The molecule has 1 amide bonds. The SMILES string of the molecule is O=C(C1CCCCC1)N1CCC(NC(=S)NCCSc2ccc(Cl)cc2)CC1. The summed E-state index contributed by atoms with van der Waals surface area (Å²) in [6.45, 7) is 2.52. The molecule has 0 atom stereocenters. The first-order valence-electron chi connectivity index (χ1n) is 10.3. The second-order valence-electron chi connectivity index (χ2n) is 7.64. The summed E-state index contributed by atoms with van der Waals surface area (Å²) in [6.07, 6.45) is 7.82. The zero-order valence-corrected chi connectivity index (χ0v) is 18.7. The van der Waals surface area contributed by atoms with Gasteiger partial charge in [-0.15, -0.1) is 11.8 Å². The molecule has 2 aliphatic rings. The first kappa shape index (κ1) is 21.7. The molecule has 0 bridgehead atoms. The van der Waals surface area contributed by atoms with Gasteiger partial charge in [-0.05, 0) is 62.2 Å². The van der Waals surface area contributed by atoms with Crippen molar-refractivity contribution in [2.24, 2.45) is 5.92 Å². The second kappa shape index (κ2) is 11.3. The molecule has 2 fully saturated rings. The monoisotopic (exact) mass is 439 g/mol. The summed E-state index contributed by atoms with van der Waals surface area (Å²) in [5.41, 5.74) is 0. The fraction of sp³-hybridized carbons (Fsp3) is 0.619. The number of amides is 1. The number of thiocarbonyl (C=S) groups is 1. The molecule has 0 radical (unpaired) electrons. The maximum Gasteiger partial charge on any atom is 0.225 e. The molecule has 1 aliphatic heterocycles. The highest BCUT2D eigenvalue weighted by atomic mass is 35.5. The number of nitrogens with zero attached hydrogens (tertiary/aromatic N) is 1. The van der Waals surface area contributed by atoms with Crippen LogP contribution in [-0.4, -0.2) is 47.3 Å². The fourth-order valence-electron chi connectivity index (χ4n) is 3.95. The van der Waals surface area contributed by atoms with Crippen molar-refractivity contribution in [3.63, 3.8) is 0 Å². The number of hydrogen-bond acceptors (Lipinski definition) is 3. The molecule has 1 saturated heterocycles. The van der Waals surface area contributed by atoms with E-state index in [9.17, 15) is 4.79 Å². The van der Waals surface area contributed by atoms with Crippen LogP contribution in [0.1, 0.15) is 44.9 Å². The van der Waals surface area contributed by atoms with Crippen LogP contribution >= 0.6 is 35.6 Å². The topological polar surface area (TPSA) is 44.4 Å². The van der Waals surface area contributed by atoms with Crippen LogP contribution in [0.4, 0.5) is 0 Å². The number of halogens is 1. The van der Waals surface area contributed by atoms with Crippen LogP contribution in [0.3, 0.4) is 0 Å². The number of likely N-dealkylation sites (tertiary alicyclic amines) is 1. The standard InChI is InChI=1S/C21H30ClN3OS2/c22-17-6-8-19(9-7-17)28-15-12-23-21(27)24-18-10-13-25(14-11-18)20(26)16-4-2-1-3-5-16/h6-9,16,18H,1-5,10-15H2,(H2,23,24,27). The van der Waals surface area contributed by atoms with Gasteiger partial charge in [0.05, 0.1) is 0 Å². The molecular weight excluding hydrogens is 410 g/mol. The molecule has 0 spiro atoms. The van der Waals surface area contributed by atoms with Crippen molar-refractivity contribution >= 4 is 46.6 Å². The van der Waals surface area contributed by atoms with Crippen LogP contribution < -0.4 is 10.6 Å². The zero-order chi connectivity index (χ0) is 19.8. The Morgan fingerprint density at radius 2 is 1.79 bits per heavy atom. The largest absolute Gasteiger partial charge is 0.362 e. The predicted octanol–water partition coefficient (Wildman–Crippen LogP) is 4.47. The van der Waals surface area contributed by atoms with Gasteiger partial charge in [0.2, 0.25) is 5.91 Å². The van der Waals surface area contributed by atoms with Crippen molar-refractivity contribution in [3.05, 3.63) is 29.3 Å². The van der Waals surface area contributed by atoms with E-state index in [0.717, 1.165) is 56.1 Å². The third-order valence-corrected chi connectivity index (χ3v) is 7.09. The summed E-state index contributed by atoms with van der Waals surface area (Å²) >= 11 is 13.1. The molecule has 28 heavy (non-hydrogen) atoms. The average Bonchev–Trinajstić information content (AvgIpc) is 2.73. The van der Waals surface area contributed by atoms with Gasteiger partial charge >= 0.3 is 0 Å². The zero-order valence-electron chi connectivity index (χ0n) is 16.3. The highest BCUT2D eigenvalue weighted by Gasteiger charge is 2.29. The minimum atomic E-state index is 0.277. The van der Waals surface area contributed by atoms with Crippen LogP contribution in [-0.2, 0) is 4.79 Å². The van der Waals surface area contributed by atoms with Gasteiger partial charge in [-0.3, -0.25) is 4.79 Å². The van der Waals surface area contributed by atoms with Gasteiger partial charge in [-0.25, -0.2) is 0 Å². The Labute approximate surface area is 183 Å². The Kier molecular flexibility index (Phi) is 8.74. The number of piperidine rings is 1. The second-order valence-corrected chi connectivity index (χ2v) is 9.65. The highest BCUT2D eigenvalue weighted by molar-refractivity contribution is 7.99. The van der Waals surface area contributed by atoms with Crippen LogP contribution in [0.15, 0.2) is 29.2 Å². The van der Waals surface area contributed by atoms with Crippen molar-refractivity contribution < 1.29 is 4.79 Å². The summed E-state index contributed by atoms with van der Waals surface area (Å²) < 4.78 is 0. The molecule has 1 aromatic carbocycles. The first-order valence-corrected chi connectivity index (χ1v) is 12.1. The maximum atomic E-state index is 12.6. The van der Waals surface area contributed by atoms with Crippen LogP contribution in [0.25, 0.3) is 0 Å². The Balaban J connectivity index is 1.29. The Morgan fingerprint density at radius 1 is 1.11 bits per heavy atom. The molecule has 0 aromatic heterocycles. The van der Waals surface area contributed by atoms with Crippen molar-refractivity contribution in [3.8, 4) is 0 Å². The van der Waals surface area contributed by atoms with Crippen molar-refractivity contribution in [1.29, 1.82) is 0 Å². The molecule has 1 saturated carbocycles. The maximum absolute atomic E-state index is 12.6. The van der Waals surface area contributed by atoms with Crippen molar-refractivity contribution in [1.82, 2.24) is 15.5 Å². The molecule has 7 heteroatoms. The predicted molar refractivity (Wildman–Crippen MR) is 122 cm³/mol. The molecule has 4 nitrogen and oxygen atoms in total. The van der Waals surface area contributed by atoms with E-state index in [1.54, 1.807) is 11.8 Å². The molecule has 154 valence electrons. The highest BCUT2D eigenvalue weighted by Crippen LogP contribution is 2.26. The Morgan fingerprint density at radius 3 is 2.46 bits per heavy atom. The van der Waals surface area contributed by atoms with Gasteiger partial charge < -0.3 is 15.5 Å². The van der Waals surface area contributed by atoms with E-state index in [4.69, 9.17) is 23.8 Å². The third kappa shape index (κ3) is 6.82. The summed E-state index contributed by atoms with van der Waals surface area (Å²) in [5, 5.41) is 8.19. The van der Waals surface area contributed by atoms with E-state index >= 15 is 0 Å². The van der Waals surface area contributed by atoms with Gasteiger partial charge in [0.25, 0.3) is 0 Å². The first-order chi connectivity index (χ1) is 13.6. The van der Waals surface area contributed by atoms with Gasteiger partial charge in [-0.1, -0.05) is 30.9 Å². The number of carbonyl (C=O) groups excluding carboxylic acids is 1. The number of benzene rings is 1. The molecular formula is C21H30ClN3OS2. The lowest BCUT2D eigenvalue weighted by atomic mass is 9.87. The van der Waals surface area contributed by atoms with E-state index in [2.05, 4.69) is 15.5 Å². The summed E-state index contributed by atoms with van der Waals surface area (Å²) in [7, 11) is 0.